The van der Waals surface area contributed by atoms with Crippen LogP contribution >= 0.6 is 11.6 Å². The zero-order valence-corrected chi connectivity index (χ0v) is 9.66. The second-order valence-corrected chi connectivity index (χ2v) is 4.02. The summed E-state index contributed by atoms with van der Waals surface area (Å²) in [7, 11) is 1.58. The standard InChI is InChI=1S/C13H12ClNO/c1-15-13(16)12(14)11-7-6-9-4-2-3-5-10(9)8-11/h2-8,12H,1H3,(H,15,16). The number of carbonyl (C=O) groups excluding carboxylic acids is 1. The Kier molecular flexibility index (Phi) is 3.11. The smallest absolute Gasteiger partial charge is 0.242 e. The number of rotatable bonds is 2. The lowest BCUT2D eigenvalue weighted by Gasteiger charge is -2.09. The van der Waals surface area contributed by atoms with Gasteiger partial charge in [-0.1, -0.05) is 36.4 Å². The maximum absolute atomic E-state index is 11.4. The lowest BCUT2D eigenvalue weighted by Crippen LogP contribution is -2.22. The third-order valence-electron chi connectivity index (χ3n) is 2.54. The summed E-state index contributed by atoms with van der Waals surface area (Å²) < 4.78 is 0. The Morgan fingerprint density at radius 1 is 1.19 bits per heavy atom. The van der Waals surface area contributed by atoms with Crippen molar-refractivity contribution in [3.05, 3.63) is 48.0 Å². The number of fused-ring (bicyclic) bond motifs is 1. The Balaban J connectivity index is 2.43. The van der Waals surface area contributed by atoms with E-state index < -0.39 is 5.38 Å². The van der Waals surface area contributed by atoms with Crippen LogP contribution in [0.15, 0.2) is 42.5 Å². The molecule has 0 heterocycles. The minimum Gasteiger partial charge on any atom is -0.358 e. The van der Waals surface area contributed by atoms with Gasteiger partial charge in [0.15, 0.2) is 0 Å². The van der Waals surface area contributed by atoms with E-state index in [0.717, 1.165) is 16.3 Å². The van der Waals surface area contributed by atoms with Crippen molar-refractivity contribution in [1.82, 2.24) is 5.32 Å². The van der Waals surface area contributed by atoms with Gasteiger partial charge < -0.3 is 5.32 Å². The first-order valence-corrected chi connectivity index (χ1v) is 5.50. The first-order valence-electron chi connectivity index (χ1n) is 5.07. The van der Waals surface area contributed by atoms with Crippen LogP contribution in [-0.2, 0) is 4.79 Å². The van der Waals surface area contributed by atoms with Gasteiger partial charge in [-0.25, -0.2) is 0 Å². The van der Waals surface area contributed by atoms with Gasteiger partial charge in [0.05, 0.1) is 0 Å². The second-order valence-electron chi connectivity index (χ2n) is 3.58. The van der Waals surface area contributed by atoms with Crippen molar-refractivity contribution in [3.8, 4) is 0 Å². The van der Waals surface area contributed by atoms with Crippen molar-refractivity contribution in [2.24, 2.45) is 0 Å². The minimum atomic E-state index is -0.630. The molecule has 2 aromatic carbocycles. The molecule has 2 aromatic rings. The van der Waals surface area contributed by atoms with Gasteiger partial charge in [0.25, 0.3) is 0 Å². The highest BCUT2D eigenvalue weighted by atomic mass is 35.5. The van der Waals surface area contributed by atoms with Crippen molar-refractivity contribution < 1.29 is 4.79 Å². The Morgan fingerprint density at radius 3 is 2.56 bits per heavy atom. The number of halogens is 1. The molecule has 0 aliphatic heterocycles. The number of nitrogens with one attached hydrogen (secondary N) is 1. The van der Waals surface area contributed by atoms with Crippen molar-refractivity contribution in [2.45, 2.75) is 5.38 Å². The summed E-state index contributed by atoms with van der Waals surface area (Å²) in [5.41, 5.74) is 0.819. The minimum absolute atomic E-state index is 0.183. The normalized spacial score (nSPS) is 12.4. The topological polar surface area (TPSA) is 29.1 Å². The SMILES string of the molecule is CNC(=O)C(Cl)c1ccc2ccccc2c1. The molecular weight excluding hydrogens is 222 g/mol. The average molecular weight is 234 g/mol. The van der Waals surface area contributed by atoms with Crippen LogP contribution in [0.4, 0.5) is 0 Å². The first-order chi connectivity index (χ1) is 7.72. The molecule has 0 saturated heterocycles. The fraction of sp³-hybridized carbons (Fsp3) is 0.154. The summed E-state index contributed by atoms with van der Waals surface area (Å²) in [5, 5.41) is 4.15. The molecule has 0 radical (unpaired) electrons. The van der Waals surface area contributed by atoms with Crippen LogP contribution in [0.3, 0.4) is 0 Å². The molecule has 0 fully saturated rings. The molecule has 1 N–H and O–H groups in total. The summed E-state index contributed by atoms with van der Waals surface area (Å²) in [6.07, 6.45) is 0. The van der Waals surface area contributed by atoms with Crippen LogP contribution < -0.4 is 5.32 Å². The van der Waals surface area contributed by atoms with Gasteiger partial charge in [0.1, 0.15) is 5.38 Å². The third kappa shape index (κ3) is 2.02. The van der Waals surface area contributed by atoms with Crippen LogP contribution in [0.5, 0.6) is 0 Å². The molecule has 0 spiro atoms. The Labute approximate surface area is 99.2 Å². The maximum Gasteiger partial charge on any atom is 0.242 e. The number of hydrogen-bond donors (Lipinski definition) is 1. The summed E-state index contributed by atoms with van der Waals surface area (Å²) in [6, 6.07) is 13.8. The summed E-state index contributed by atoms with van der Waals surface area (Å²) in [6.45, 7) is 0. The molecule has 82 valence electrons. The van der Waals surface area contributed by atoms with E-state index in [9.17, 15) is 4.79 Å². The zero-order valence-electron chi connectivity index (χ0n) is 8.91. The summed E-state index contributed by atoms with van der Waals surface area (Å²) in [4.78, 5) is 11.4. The van der Waals surface area contributed by atoms with Crippen LogP contribution in [0.2, 0.25) is 0 Å². The molecule has 0 bridgehead atoms. The van der Waals surface area contributed by atoms with E-state index in [1.807, 2.05) is 42.5 Å². The van der Waals surface area contributed by atoms with E-state index in [0.29, 0.717) is 0 Å². The fourth-order valence-corrected chi connectivity index (χ4v) is 1.89. The highest BCUT2D eigenvalue weighted by Crippen LogP contribution is 2.24. The third-order valence-corrected chi connectivity index (χ3v) is 2.99. The highest BCUT2D eigenvalue weighted by Gasteiger charge is 2.15. The highest BCUT2D eigenvalue weighted by molar-refractivity contribution is 6.30. The molecule has 0 aliphatic carbocycles. The van der Waals surface area contributed by atoms with Crippen molar-refractivity contribution in [2.75, 3.05) is 7.05 Å². The Hall–Kier alpha value is -1.54. The second kappa shape index (κ2) is 4.54. The summed E-state index contributed by atoms with van der Waals surface area (Å²) in [5.74, 6) is -0.183. The van der Waals surface area contributed by atoms with Gasteiger partial charge in [-0.3, -0.25) is 4.79 Å². The van der Waals surface area contributed by atoms with Crippen molar-refractivity contribution >= 4 is 28.3 Å². The Morgan fingerprint density at radius 2 is 1.88 bits per heavy atom. The van der Waals surface area contributed by atoms with Gasteiger partial charge in [0.2, 0.25) is 5.91 Å². The molecule has 0 aromatic heterocycles. The molecule has 2 nitrogen and oxygen atoms in total. The molecule has 0 aliphatic rings. The molecule has 1 unspecified atom stereocenters. The van der Waals surface area contributed by atoms with Gasteiger partial charge >= 0.3 is 0 Å². The zero-order chi connectivity index (χ0) is 11.5. The Bertz CT molecular complexity index is 524. The van der Waals surface area contributed by atoms with E-state index >= 15 is 0 Å². The molecule has 3 heteroatoms. The lowest BCUT2D eigenvalue weighted by molar-refractivity contribution is -0.120. The van der Waals surface area contributed by atoms with E-state index in [-0.39, 0.29) is 5.91 Å². The average Bonchev–Trinajstić information content (AvgIpc) is 2.36. The van der Waals surface area contributed by atoms with Crippen molar-refractivity contribution in [1.29, 1.82) is 0 Å². The molecule has 1 amide bonds. The number of carbonyl (C=O) groups is 1. The first kappa shape index (κ1) is 11.0. The molecule has 16 heavy (non-hydrogen) atoms. The van der Waals surface area contributed by atoms with Gasteiger partial charge in [0, 0.05) is 7.05 Å². The number of likely N-dealkylation sites (N-methyl/N-ethyl adjacent to an activating group) is 1. The van der Waals surface area contributed by atoms with Crippen LogP contribution in [0.25, 0.3) is 10.8 Å². The monoisotopic (exact) mass is 233 g/mol. The number of amides is 1. The van der Waals surface area contributed by atoms with Gasteiger partial charge in [-0.2, -0.15) is 0 Å². The van der Waals surface area contributed by atoms with Gasteiger partial charge in [-0.15, -0.1) is 11.6 Å². The fourth-order valence-electron chi connectivity index (χ4n) is 1.64. The molecule has 0 saturated carbocycles. The van der Waals surface area contributed by atoms with Crippen molar-refractivity contribution in [3.63, 3.8) is 0 Å². The van der Waals surface area contributed by atoms with Crippen LogP contribution in [0.1, 0.15) is 10.9 Å². The predicted molar refractivity (Wildman–Crippen MR) is 66.6 cm³/mol. The van der Waals surface area contributed by atoms with E-state index in [4.69, 9.17) is 11.6 Å². The molecule has 2 rings (SSSR count). The quantitative estimate of drug-likeness (QED) is 0.794. The maximum atomic E-state index is 11.4. The van der Waals surface area contributed by atoms with Crippen LogP contribution in [0, 0.1) is 0 Å². The van der Waals surface area contributed by atoms with E-state index in [1.165, 1.54) is 0 Å². The van der Waals surface area contributed by atoms with Gasteiger partial charge in [-0.05, 0) is 22.4 Å². The predicted octanol–water partition coefficient (Wildman–Crippen LogP) is 2.87. The number of hydrogen-bond acceptors (Lipinski definition) is 1. The summed E-state index contributed by atoms with van der Waals surface area (Å²) >= 11 is 6.05. The molecule has 1 atom stereocenters. The number of alkyl halides is 1. The van der Waals surface area contributed by atoms with Crippen LogP contribution in [-0.4, -0.2) is 13.0 Å². The lowest BCUT2D eigenvalue weighted by atomic mass is 10.0. The molecular formula is C13H12ClNO. The van der Waals surface area contributed by atoms with E-state index in [2.05, 4.69) is 5.32 Å². The number of benzene rings is 2. The largest absolute Gasteiger partial charge is 0.358 e. The van der Waals surface area contributed by atoms with E-state index in [1.54, 1.807) is 7.05 Å².